The van der Waals surface area contributed by atoms with Crippen molar-refractivity contribution in [2.24, 2.45) is 0 Å². The third-order valence-electron chi connectivity index (χ3n) is 2.68. The summed E-state index contributed by atoms with van der Waals surface area (Å²) in [5, 5.41) is 0. The van der Waals surface area contributed by atoms with E-state index >= 15 is 0 Å². The molecule has 0 heterocycles. The molecule has 1 aromatic rings. The molecule has 13 heavy (non-hydrogen) atoms. The Bertz CT molecular complexity index is 324. The minimum absolute atomic E-state index is 0.00931. The molecule has 0 unspecified atom stereocenters. The predicted octanol–water partition coefficient (Wildman–Crippen LogP) is 2.33. The fraction of sp³-hybridized carbons (Fsp3) is 0.333. The number of hydrogen-bond acceptors (Lipinski definition) is 0. The van der Waals surface area contributed by atoms with Crippen molar-refractivity contribution in [2.45, 2.75) is 26.2 Å². The largest absolute Gasteiger partial charge is 0.113 e. The summed E-state index contributed by atoms with van der Waals surface area (Å²) in [4.78, 5) is 0. The van der Waals surface area contributed by atoms with Gasteiger partial charge >= 0.3 is 0 Å². The highest BCUT2D eigenvalue weighted by Crippen LogP contribution is 2.28. The fourth-order valence-corrected chi connectivity index (χ4v) is 1.17. The molecule has 1 heteroatoms. The molecule has 0 saturated heterocycles. The maximum Gasteiger partial charge on any atom is 0.113 e. The standard InChI is InChI=1S/C12H15B/c1-9(2)12(3,4)10-6-5-7-11(13)8-10/h5-8H,1H2,2-4H3. The summed E-state index contributed by atoms with van der Waals surface area (Å²) in [6.45, 7) is 10.4. The molecule has 0 saturated carbocycles. The molecule has 0 bridgehead atoms. The van der Waals surface area contributed by atoms with E-state index in [-0.39, 0.29) is 5.41 Å². The average molecular weight is 170 g/mol. The zero-order valence-electron chi connectivity index (χ0n) is 8.59. The summed E-state index contributed by atoms with van der Waals surface area (Å²) < 4.78 is 0. The Kier molecular flexibility index (Phi) is 2.65. The van der Waals surface area contributed by atoms with Crippen LogP contribution in [0.3, 0.4) is 0 Å². The van der Waals surface area contributed by atoms with Crippen molar-refractivity contribution < 1.29 is 0 Å². The Labute approximate surface area is 82.1 Å². The molecule has 0 aromatic heterocycles. The molecule has 0 aliphatic carbocycles. The molecule has 0 spiro atoms. The molecule has 66 valence electrons. The van der Waals surface area contributed by atoms with Gasteiger partial charge in [-0.3, -0.25) is 0 Å². The summed E-state index contributed by atoms with van der Waals surface area (Å²) in [5.74, 6) is 0. The van der Waals surface area contributed by atoms with Crippen LogP contribution in [-0.4, -0.2) is 7.85 Å². The van der Waals surface area contributed by atoms with Crippen molar-refractivity contribution in [1.29, 1.82) is 0 Å². The molecule has 0 nitrogen and oxygen atoms in total. The van der Waals surface area contributed by atoms with Crippen molar-refractivity contribution in [3.8, 4) is 0 Å². The maximum atomic E-state index is 5.73. The second kappa shape index (κ2) is 3.41. The van der Waals surface area contributed by atoms with E-state index in [1.165, 1.54) is 5.56 Å². The van der Waals surface area contributed by atoms with E-state index in [1.54, 1.807) is 0 Å². The van der Waals surface area contributed by atoms with Gasteiger partial charge in [0.2, 0.25) is 0 Å². The van der Waals surface area contributed by atoms with Crippen LogP contribution in [0.5, 0.6) is 0 Å². The van der Waals surface area contributed by atoms with Gasteiger partial charge in [-0.1, -0.05) is 55.7 Å². The summed E-state index contributed by atoms with van der Waals surface area (Å²) in [7, 11) is 5.73. The molecule has 1 rings (SSSR count). The third-order valence-corrected chi connectivity index (χ3v) is 2.68. The molecule has 0 atom stereocenters. The van der Waals surface area contributed by atoms with E-state index in [9.17, 15) is 0 Å². The highest BCUT2D eigenvalue weighted by molar-refractivity contribution is 6.32. The first kappa shape index (κ1) is 10.1. The van der Waals surface area contributed by atoms with Crippen LogP contribution in [0.25, 0.3) is 0 Å². The van der Waals surface area contributed by atoms with Crippen LogP contribution in [0.4, 0.5) is 0 Å². The van der Waals surface area contributed by atoms with Crippen LogP contribution in [0.2, 0.25) is 0 Å². The normalized spacial score (nSPS) is 11.3. The summed E-state index contributed by atoms with van der Waals surface area (Å²) in [5.41, 5.74) is 3.19. The van der Waals surface area contributed by atoms with E-state index in [4.69, 9.17) is 7.85 Å². The molecule has 0 aliphatic heterocycles. The summed E-state index contributed by atoms with van der Waals surface area (Å²) in [6, 6.07) is 7.98. The maximum absolute atomic E-state index is 5.73. The lowest BCUT2D eigenvalue weighted by atomic mass is 9.77. The quantitative estimate of drug-likeness (QED) is 0.472. The fourth-order valence-electron chi connectivity index (χ4n) is 1.17. The Morgan fingerprint density at radius 2 is 2.00 bits per heavy atom. The highest BCUT2D eigenvalue weighted by atomic mass is 14.2. The van der Waals surface area contributed by atoms with Gasteiger partial charge in [-0.15, -0.1) is 0 Å². The molecular weight excluding hydrogens is 155 g/mol. The van der Waals surface area contributed by atoms with Crippen LogP contribution in [0, 0.1) is 0 Å². The first-order valence-electron chi connectivity index (χ1n) is 4.46. The van der Waals surface area contributed by atoms with Gasteiger partial charge in [0.15, 0.2) is 0 Å². The minimum Gasteiger partial charge on any atom is -0.0993 e. The molecule has 0 N–H and O–H groups in total. The van der Waals surface area contributed by atoms with Crippen molar-refractivity contribution in [1.82, 2.24) is 0 Å². The lowest BCUT2D eigenvalue weighted by molar-refractivity contribution is 0.627. The van der Waals surface area contributed by atoms with Crippen molar-refractivity contribution >= 4 is 13.3 Å². The second-order valence-electron chi connectivity index (χ2n) is 4.03. The zero-order chi connectivity index (χ0) is 10.1. The van der Waals surface area contributed by atoms with E-state index < -0.39 is 0 Å². The monoisotopic (exact) mass is 170 g/mol. The van der Waals surface area contributed by atoms with Crippen molar-refractivity contribution in [2.75, 3.05) is 0 Å². The highest BCUT2D eigenvalue weighted by Gasteiger charge is 2.20. The Balaban J connectivity index is 3.14. The topological polar surface area (TPSA) is 0 Å². The Hall–Kier alpha value is -0.975. The van der Waals surface area contributed by atoms with Gasteiger partial charge in [0, 0.05) is 5.41 Å². The van der Waals surface area contributed by atoms with Crippen LogP contribution >= 0.6 is 0 Å². The first-order chi connectivity index (χ1) is 5.94. The van der Waals surface area contributed by atoms with Crippen LogP contribution in [0.1, 0.15) is 26.3 Å². The number of benzene rings is 1. The summed E-state index contributed by atoms with van der Waals surface area (Å²) in [6.07, 6.45) is 0. The zero-order valence-corrected chi connectivity index (χ0v) is 8.59. The molecule has 2 radical (unpaired) electrons. The molecule has 0 aliphatic rings. The lowest BCUT2D eigenvalue weighted by Crippen LogP contribution is -2.20. The Morgan fingerprint density at radius 1 is 1.38 bits per heavy atom. The van der Waals surface area contributed by atoms with E-state index in [1.807, 2.05) is 25.1 Å². The van der Waals surface area contributed by atoms with Crippen molar-refractivity contribution in [3.63, 3.8) is 0 Å². The van der Waals surface area contributed by atoms with E-state index in [0.29, 0.717) is 0 Å². The smallest absolute Gasteiger partial charge is 0.0993 e. The Morgan fingerprint density at radius 3 is 2.46 bits per heavy atom. The van der Waals surface area contributed by atoms with Gasteiger partial charge in [-0.25, -0.2) is 0 Å². The number of rotatable bonds is 2. The van der Waals surface area contributed by atoms with Gasteiger partial charge in [0.05, 0.1) is 0 Å². The third kappa shape index (κ3) is 2.03. The SMILES string of the molecule is [B]c1cccc(C(C)(C)C(=C)C)c1. The van der Waals surface area contributed by atoms with Gasteiger partial charge in [0.1, 0.15) is 7.85 Å². The predicted molar refractivity (Wildman–Crippen MR) is 59.7 cm³/mol. The minimum atomic E-state index is 0.00931. The average Bonchev–Trinajstić information content (AvgIpc) is 2.04. The molecule has 0 fully saturated rings. The van der Waals surface area contributed by atoms with Crippen LogP contribution < -0.4 is 5.46 Å². The first-order valence-corrected chi connectivity index (χ1v) is 4.46. The van der Waals surface area contributed by atoms with E-state index in [0.717, 1.165) is 11.0 Å². The molecule has 0 amide bonds. The van der Waals surface area contributed by atoms with Gasteiger partial charge < -0.3 is 0 Å². The van der Waals surface area contributed by atoms with Crippen LogP contribution in [-0.2, 0) is 5.41 Å². The van der Waals surface area contributed by atoms with Gasteiger partial charge in [0.25, 0.3) is 0 Å². The number of allylic oxidation sites excluding steroid dienone is 1. The van der Waals surface area contributed by atoms with Gasteiger partial charge in [-0.2, -0.15) is 0 Å². The summed E-state index contributed by atoms with van der Waals surface area (Å²) >= 11 is 0. The second-order valence-corrected chi connectivity index (χ2v) is 4.03. The van der Waals surface area contributed by atoms with Gasteiger partial charge in [-0.05, 0) is 12.5 Å². The van der Waals surface area contributed by atoms with Crippen molar-refractivity contribution in [3.05, 3.63) is 42.0 Å². The lowest BCUT2D eigenvalue weighted by Gasteiger charge is -2.26. The molecular formula is C12H15B. The molecule has 1 aromatic carbocycles. The number of hydrogen-bond donors (Lipinski definition) is 0. The van der Waals surface area contributed by atoms with Crippen LogP contribution in [0.15, 0.2) is 36.4 Å². The van der Waals surface area contributed by atoms with E-state index in [2.05, 4.69) is 26.5 Å².